The summed E-state index contributed by atoms with van der Waals surface area (Å²) < 4.78 is 8.74. The molecule has 0 heterocycles. The molecule has 0 bridgehead atoms. The van der Waals surface area contributed by atoms with Gasteiger partial charge in [-0.05, 0) is 0 Å². The molecule has 0 aliphatic heterocycles. The summed E-state index contributed by atoms with van der Waals surface area (Å²) in [5.74, 6) is -3.64. The fourth-order valence-electron chi connectivity index (χ4n) is 0.732. The minimum Gasteiger partial charge on any atom is -0.481 e. The molecule has 0 aliphatic rings. The lowest BCUT2D eigenvalue weighted by atomic mass is 10.3. The maximum Gasteiger partial charge on any atom is 0.330 e. The van der Waals surface area contributed by atoms with Gasteiger partial charge in [-0.3, -0.25) is 14.4 Å². The van der Waals surface area contributed by atoms with Gasteiger partial charge in [0.05, 0.1) is 19.3 Å². The van der Waals surface area contributed by atoms with E-state index >= 15 is 0 Å². The van der Waals surface area contributed by atoms with Gasteiger partial charge in [0.25, 0.3) is 0 Å². The van der Waals surface area contributed by atoms with Crippen LogP contribution in [0.3, 0.4) is 0 Å². The van der Waals surface area contributed by atoms with Crippen LogP contribution in [0.25, 0.3) is 0 Å². The SMILES string of the molecule is C=CC(=O)OCCC(=O)OC(=O)CCC(=O)O. The van der Waals surface area contributed by atoms with E-state index < -0.39 is 30.3 Å². The van der Waals surface area contributed by atoms with Crippen LogP contribution in [0, 0.1) is 0 Å². The Labute approximate surface area is 97.0 Å². The second-order valence-corrected chi connectivity index (χ2v) is 2.86. The average molecular weight is 244 g/mol. The van der Waals surface area contributed by atoms with E-state index in [1.54, 1.807) is 0 Å². The van der Waals surface area contributed by atoms with E-state index in [1.165, 1.54) is 0 Å². The third-order valence-electron chi connectivity index (χ3n) is 1.49. The van der Waals surface area contributed by atoms with E-state index in [1.807, 2.05) is 0 Å². The van der Waals surface area contributed by atoms with E-state index in [2.05, 4.69) is 16.1 Å². The van der Waals surface area contributed by atoms with Gasteiger partial charge in [0, 0.05) is 6.08 Å². The molecule has 0 aromatic carbocycles. The van der Waals surface area contributed by atoms with E-state index in [4.69, 9.17) is 5.11 Å². The lowest BCUT2D eigenvalue weighted by Gasteiger charge is -2.02. The lowest BCUT2D eigenvalue weighted by molar-refractivity contribution is -0.161. The minimum absolute atomic E-state index is 0.226. The maximum absolute atomic E-state index is 11.0. The Bertz CT molecular complexity index is 332. The molecule has 1 N–H and O–H groups in total. The Morgan fingerprint density at radius 2 is 1.65 bits per heavy atom. The van der Waals surface area contributed by atoms with E-state index in [-0.39, 0.29) is 19.4 Å². The first-order valence-corrected chi connectivity index (χ1v) is 4.70. The fourth-order valence-corrected chi connectivity index (χ4v) is 0.732. The molecule has 94 valence electrons. The van der Waals surface area contributed by atoms with Crippen LogP contribution in [0.5, 0.6) is 0 Å². The highest BCUT2D eigenvalue weighted by molar-refractivity contribution is 5.87. The summed E-state index contributed by atoms with van der Waals surface area (Å²) in [5.41, 5.74) is 0. The number of hydrogen-bond acceptors (Lipinski definition) is 6. The molecule has 0 fully saturated rings. The summed E-state index contributed by atoms with van der Waals surface area (Å²) in [7, 11) is 0. The molecule has 0 saturated heterocycles. The Morgan fingerprint density at radius 3 is 2.18 bits per heavy atom. The Hall–Kier alpha value is -2.18. The molecule has 0 atom stereocenters. The zero-order valence-electron chi connectivity index (χ0n) is 9.01. The number of esters is 3. The molecule has 0 radical (unpaired) electrons. The lowest BCUT2D eigenvalue weighted by Crippen LogP contribution is -2.16. The van der Waals surface area contributed by atoms with Crippen molar-refractivity contribution in [1.29, 1.82) is 0 Å². The standard InChI is InChI=1S/C10H12O7/c1-2-8(13)16-6-5-10(15)17-9(14)4-3-7(11)12/h2H,1,3-6H2,(H,11,12). The summed E-state index contributed by atoms with van der Waals surface area (Å²) in [6, 6.07) is 0. The number of aliphatic carboxylic acids is 1. The van der Waals surface area contributed by atoms with E-state index in [0.717, 1.165) is 6.08 Å². The molecule has 0 aliphatic carbocycles. The molecule has 0 aromatic heterocycles. The third kappa shape index (κ3) is 8.79. The normalized spacial score (nSPS) is 9.18. The second-order valence-electron chi connectivity index (χ2n) is 2.86. The first-order chi connectivity index (χ1) is 7.95. The number of rotatable bonds is 7. The Morgan fingerprint density at radius 1 is 1.06 bits per heavy atom. The number of ether oxygens (including phenoxy) is 2. The van der Waals surface area contributed by atoms with Gasteiger partial charge in [-0.1, -0.05) is 6.58 Å². The molecule has 0 aromatic rings. The van der Waals surface area contributed by atoms with Crippen molar-refractivity contribution >= 4 is 23.9 Å². The van der Waals surface area contributed by atoms with Crippen molar-refractivity contribution < 1.29 is 33.8 Å². The number of carbonyl (C=O) groups excluding carboxylic acids is 3. The van der Waals surface area contributed by atoms with Crippen molar-refractivity contribution in [3.8, 4) is 0 Å². The minimum atomic E-state index is -1.16. The summed E-state index contributed by atoms with van der Waals surface area (Å²) in [6.45, 7) is 2.92. The Kier molecular flexibility index (Phi) is 7.00. The molecule has 17 heavy (non-hydrogen) atoms. The van der Waals surface area contributed by atoms with Crippen LogP contribution < -0.4 is 0 Å². The van der Waals surface area contributed by atoms with Crippen molar-refractivity contribution in [2.75, 3.05) is 6.61 Å². The van der Waals surface area contributed by atoms with Gasteiger partial charge in [0.2, 0.25) is 0 Å². The first kappa shape index (κ1) is 14.8. The highest BCUT2D eigenvalue weighted by atomic mass is 16.6. The average Bonchev–Trinajstić information content (AvgIpc) is 2.26. The second kappa shape index (κ2) is 8.03. The van der Waals surface area contributed by atoms with Crippen molar-refractivity contribution in [2.45, 2.75) is 19.3 Å². The van der Waals surface area contributed by atoms with Crippen LogP contribution in [-0.2, 0) is 28.7 Å². The van der Waals surface area contributed by atoms with Crippen molar-refractivity contribution in [1.82, 2.24) is 0 Å². The number of carbonyl (C=O) groups is 4. The molecule has 7 heteroatoms. The van der Waals surface area contributed by atoms with Crippen LogP contribution in [0.4, 0.5) is 0 Å². The van der Waals surface area contributed by atoms with Crippen molar-refractivity contribution in [3.63, 3.8) is 0 Å². The number of carboxylic acids is 1. The van der Waals surface area contributed by atoms with E-state index in [9.17, 15) is 19.2 Å². The smallest absolute Gasteiger partial charge is 0.330 e. The van der Waals surface area contributed by atoms with Crippen molar-refractivity contribution in [2.24, 2.45) is 0 Å². The van der Waals surface area contributed by atoms with Gasteiger partial charge in [0.1, 0.15) is 6.61 Å². The highest BCUT2D eigenvalue weighted by Crippen LogP contribution is 1.96. The topological polar surface area (TPSA) is 107 Å². The number of hydrogen-bond donors (Lipinski definition) is 1. The zero-order valence-corrected chi connectivity index (χ0v) is 9.01. The molecule has 0 saturated carbocycles. The van der Waals surface area contributed by atoms with Crippen LogP contribution in [0.15, 0.2) is 12.7 Å². The van der Waals surface area contributed by atoms with Crippen LogP contribution in [0.1, 0.15) is 19.3 Å². The van der Waals surface area contributed by atoms with Gasteiger partial charge in [0.15, 0.2) is 0 Å². The van der Waals surface area contributed by atoms with Gasteiger partial charge in [-0.2, -0.15) is 0 Å². The molecule has 0 unspecified atom stereocenters. The van der Waals surface area contributed by atoms with Gasteiger partial charge < -0.3 is 14.6 Å². The summed E-state index contributed by atoms with van der Waals surface area (Å²) in [4.78, 5) is 42.5. The summed E-state index contributed by atoms with van der Waals surface area (Å²) in [6.07, 6.45) is -0.132. The first-order valence-electron chi connectivity index (χ1n) is 4.70. The predicted molar refractivity (Wildman–Crippen MR) is 53.7 cm³/mol. The molecular weight excluding hydrogens is 232 g/mol. The molecule has 0 spiro atoms. The van der Waals surface area contributed by atoms with Crippen LogP contribution >= 0.6 is 0 Å². The third-order valence-corrected chi connectivity index (χ3v) is 1.49. The molecule has 7 nitrogen and oxygen atoms in total. The zero-order chi connectivity index (χ0) is 13.3. The van der Waals surface area contributed by atoms with Gasteiger partial charge in [-0.15, -0.1) is 0 Å². The van der Waals surface area contributed by atoms with E-state index in [0.29, 0.717) is 0 Å². The van der Waals surface area contributed by atoms with Gasteiger partial charge >= 0.3 is 23.9 Å². The molecule has 0 rings (SSSR count). The maximum atomic E-state index is 11.0. The predicted octanol–water partition coefficient (Wildman–Crippen LogP) is 0.0403. The highest BCUT2D eigenvalue weighted by Gasteiger charge is 2.12. The summed E-state index contributed by atoms with van der Waals surface area (Å²) >= 11 is 0. The van der Waals surface area contributed by atoms with Crippen LogP contribution in [0.2, 0.25) is 0 Å². The largest absolute Gasteiger partial charge is 0.481 e. The fraction of sp³-hybridized carbons (Fsp3) is 0.400. The van der Waals surface area contributed by atoms with Gasteiger partial charge in [-0.25, -0.2) is 4.79 Å². The quantitative estimate of drug-likeness (QED) is 0.382. The number of carboxylic acid groups (broad SMARTS) is 1. The molecule has 0 amide bonds. The Balaban J connectivity index is 3.71. The monoisotopic (exact) mass is 244 g/mol. The van der Waals surface area contributed by atoms with Crippen molar-refractivity contribution in [3.05, 3.63) is 12.7 Å². The summed E-state index contributed by atoms with van der Waals surface area (Å²) in [5, 5.41) is 8.27. The molecular formula is C10H12O7. The van der Waals surface area contributed by atoms with Crippen LogP contribution in [-0.4, -0.2) is 35.6 Å².